The van der Waals surface area contributed by atoms with Crippen molar-refractivity contribution in [2.75, 3.05) is 11.5 Å². The summed E-state index contributed by atoms with van der Waals surface area (Å²) in [6, 6.07) is 7.98. The maximum absolute atomic E-state index is 10.9. The summed E-state index contributed by atoms with van der Waals surface area (Å²) < 4.78 is 31.0. The van der Waals surface area contributed by atoms with Gasteiger partial charge in [0.2, 0.25) is 0 Å². The molecular formula is C7H10N2O4S. The predicted molar refractivity (Wildman–Crippen MR) is 50.6 cm³/mol. The maximum atomic E-state index is 10.9. The molecular weight excluding hydrogens is 208 g/mol. The molecule has 0 saturated heterocycles. The van der Waals surface area contributed by atoms with E-state index in [4.69, 9.17) is 4.55 Å². The summed E-state index contributed by atoms with van der Waals surface area (Å²) in [4.78, 5) is 4.42. The van der Waals surface area contributed by atoms with Crippen LogP contribution in [-0.4, -0.2) is 20.1 Å². The van der Waals surface area contributed by atoms with E-state index in [1.807, 2.05) is 5.59 Å². The molecule has 0 aliphatic rings. The fourth-order valence-corrected chi connectivity index (χ4v) is 1.44. The van der Waals surface area contributed by atoms with E-state index < -0.39 is 10.3 Å². The summed E-state index contributed by atoms with van der Waals surface area (Å²) in [5, 5.41) is 0. The quantitative estimate of drug-likeness (QED) is 0.563. The Morgan fingerprint density at radius 1 is 1.36 bits per heavy atom. The van der Waals surface area contributed by atoms with E-state index in [0.717, 1.165) is 0 Å². The van der Waals surface area contributed by atoms with Crippen LogP contribution >= 0.6 is 0 Å². The number of anilines is 1. The summed E-state index contributed by atoms with van der Waals surface area (Å²) in [6.45, 7) is 0. The molecule has 0 saturated carbocycles. The Bertz CT molecular complexity index is 378. The molecule has 0 unspecified atom stereocenters. The highest BCUT2D eigenvalue weighted by atomic mass is 32.2. The van der Waals surface area contributed by atoms with Crippen LogP contribution in [0.4, 0.5) is 5.69 Å². The first-order valence-electron chi connectivity index (χ1n) is 3.67. The van der Waals surface area contributed by atoms with Gasteiger partial charge in [0.15, 0.2) is 0 Å². The summed E-state index contributed by atoms with van der Waals surface area (Å²) in [5.74, 6) is 0. The van der Waals surface area contributed by atoms with Crippen LogP contribution in [0, 0.1) is 0 Å². The smallest absolute Gasteiger partial charge is 0.284 e. The van der Waals surface area contributed by atoms with E-state index in [9.17, 15) is 8.42 Å². The van der Waals surface area contributed by atoms with Crippen LogP contribution in [0.2, 0.25) is 0 Å². The first-order valence-corrected chi connectivity index (χ1v) is 5.07. The number of para-hydroxylation sites is 1. The average Bonchev–Trinajstić information content (AvgIpc) is 2.14. The molecule has 7 heteroatoms. The van der Waals surface area contributed by atoms with Gasteiger partial charge in [0, 0.05) is 0 Å². The topological polar surface area (TPSA) is 78.9 Å². The highest BCUT2D eigenvalue weighted by Gasteiger charge is 2.18. The van der Waals surface area contributed by atoms with Gasteiger partial charge in [-0.3, -0.25) is 9.39 Å². The van der Waals surface area contributed by atoms with E-state index in [0.29, 0.717) is 4.41 Å². The van der Waals surface area contributed by atoms with Crippen LogP contribution in [0.15, 0.2) is 30.3 Å². The molecule has 1 aromatic carbocycles. The third-order valence-electron chi connectivity index (χ3n) is 1.40. The summed E-state index contributed by atoms with van der Waals surface area (Å²) in [6.07, 6.45) is 0. The van der Waals surface area contributed by atoms with Gasteiger partial charge in [0.25, 0.3) is 0 Å². The summed E-state index contributed by atoms with van der Waals surface area (Å²) >= 11 is 0. The number of rotatable bonds is 4. The van der Waals surface area contributed by atoms with Crippen molar-refractivity contribution in [1.82, 2.24) is 5.59 Å². The molecule has 78 valence electrons. The highest BCUT2D eigenvalue weighted by molar-refractivity contribution is 7.87. The lowest BCUT2D eigenvalue weighted by Crippen LogP contribution is -2.41. The molecule has 2 N–H and O–H groups in total. The molecule has 1 aromatic rings. The minimum atomic E-state index is -4.38. The van der Waals surface area contributed by atoms with E-state index in [1.165, 1.54) is 19.2 Å². The fraction of sp³-hybridized carbons (Fsp3) is 0.143. The van der Waals surface area contributed by atoms with Crippen molar-refractivity contribution in [3.8, 4) is 0 Å². The highest BCUT2D eigenvalue weighted by Crippen LogP contribution is 2.13. The van der Waals surface area contributed by atoms with E-state index in [-0.39, 0.29) is 5.69 Å². The second-order valence-electron chi connectivity index (χ2n) is 2.37. The zero-order chi connectivity index (χ0) is 10.6. The van der Waals surface area contributed by atoms with Gasteiger partial charge in [-0.2, -0.15) is 12.8 Å². The van der Waals surface area contributed by atoms with Crippen molar-refractivity contribution in [1.29, 1.82) is 0 Å². The Balaban J connectivity index is 3.02. The molecule has 0 atom stereocenters. The van der Waals surface area contributed by atoms with Gasteiger partial charge in [-0.25, -0.2) is 0 Å². The van der Waals surface area contributed by atoms with Crippen molar-refractivity contribution < 1.29 is 17.8 Å². The number of hydrogen-bond acceptors (Lipinski definition) is 4. The van der Waals surface area contributed by atoms with Crippen LogP contribution < -0.4 is 10.0 Å². The molecule has 0 radical (unpaired) electrons. The predicted octanol–water partition coefficient (Wildman–Crippen LogP) is 0.362. The third-order valence-corrected chi connectivity index (χ3v) is 2.14. The van der Waals surface area contributed by atoms with Crippen molar-refractivity contribution in [3.63, 3.8) is 0 Å². The lowest BCUT2D eigenvalue weighted by molar-refractivity contribution is 0.0950. The third kappa shape index (κ3) is 2.67. The Labute approximate surface area is 81.9 Å². The second-order valence-corrected chi connectivity index (χ2v) is 3.63. The van der Waals surface area contributed by atoms with Gasteiger partial charge in [0.05, 0.1) is 12.8 Å². The Morgan fingerprint density at radius 3 is 2.36 bits per heavy atom. The molecule has 0 aromatic heterocycles. The molecule has 0 aliphatic heterocycles. The molecule has 0 bridgehead atoms. The number of nitrogens with zero attached hydrogens (tertiary/aromatic N) is 1. The van der Waals surface area contributed by atoms with Gasteiger partial charge < -0.3 is 0 Å². The summed E-state index contributed by atoms with van der Waals surface area (Å²) in [5.41, 5.74) is 2.28. The first-order chi connectivity index (χ1) is 6.55. The monoisotopic (exact) mass is 218 g/mol. The van der Waals surface area contributed by atoms with E-state index in [1.54, 1.807) is 18.2 Å². The molecule has 14 heavy (non-hydrogen) atoms. The van der Waals surface area contributed by atoms with Crippen molar-refractivity contribution in [2.45, 2.75) is 0 Å². The normalized spacial score (nSPS) is 11.3. The van der Waals surface area contributed by atoms with Crippen LogP contribution in [0.3, 0.4) is 0 Å². The molecule has 6 nitrogen and oxygen atoms in total. The minimum Gasteiger partial charge on any atom is -0.284 e. The largest absolute Gasteiger partial charge is 0.375 e. The SMILES string of the molecule is CONN(c1ccccc1)S(=O)(=O)O. The van der Waals surface area contributed by atoms with E-state index in [2.05, 4.69) is 4.84 Å². The Kier molecular flexibility index (Phi) is 3.42. The average molecular weight is 218 g/mol. The molecule has 0 fully saturated rings. The second kappa shape index (κ2) is 4.38. The number of hydrogen-bond donors (Lipinski definition) is 2. The van der Waals surface area contributed by atoms with Crippen LogP contribution in [0.5, 0.6) is 0 Å². The van der Waals surface area contributed by atoms with Gasteiger partial charge in [-0.05, 0) is 12.1 Å². The lowest BCUT2D eigenvalue weighted by atomic mass is 10.3. The van der Waals surface area contributed by atoms with Gasteiger partial charge in [-0.1, -0.05) is 23.8 Å². The Morgan fingerprint density at radius 2 is 1.93 bits per heavy atom. The number of benzene rings is 1. The van der Waals surface area contributed by atoms with Crippen molar-refractivity contribution in [2.24, 2.45) is 0 Å². The standard InChI is InChI=1S/C7H10N2O4S/c1-13-8-9(14(10,11)12)7-5-3-2-4-6-7/h2-6,8H,1H3,(H,10,11,12). The number of nitrogens with one attached hydrogen (secondary N) is 1. The van der Waals surface area contributed by atoms with Gasteiger partial charge in [-0.15, -0.1) is 0 Å². The van der Waals surface area contributed by atoms with Gasteiger partial charge in [0.1, 0.15) is 0 Å². The minimum absolute atomic E-state index is 0.247. The van der Waals surface area contributed by atoms with Crippen molar-refractivity contribution in [3.05, 3.63) is 30.3 Å². The van der Waals surface area contributed by atoms with E-state index >= 15 is 0 Å². The zero-order valence-corrected chi connectivity index (χ0v) is 8.23. The van der Waals surface area contributed by atoms with Crippen molar-refractivity contribution >= 4 is 16.0 Å². The molecule has 0 spiro atoms. The van der Waals surface area contributed by atoms with Crippen LogP contribution in [-0.2, 0) is 15.1 Å². The zero-order valence-electron chi connectivity index (χ0n) is 7.41. The number of hydrazine groups is 1. The maximum Gasteiger partial charge on any atom is 0.375 e. The summed E-state index contributed by atoms with van der Waals surface area (Å²) in [7, 11) is -3.15. The Hall–Kier alpha value is -1.15. The van der Waals surface area contributed by atoms with Crippen LogP contribution in [0.1, 0.15) is 0 Å². The fourth-order valence-electron chi connectivity index (χ4n) is 0.879. The molecule has 1 rings (SSSR count). The molecule has 0 heterocycles. The first kappa shape index (κ1) is 10.9. The van der Waals surface area contributed by atoms with Gasteiger partial charge >= 0.3 is 10.3 Å². The molecule has 0 amide bonds. The van der Waals surface area contributed by atoms with Crippen LogP contribution in [0.25, 0.3) is 0 Å². The lowest BCUT2D eigenvalue weighted by Gasteiger charge is -2.19. The molecule has 0 aliphatic carbocycles.